The summed E-state index contributed by atoms with van der Waals surface area (Å²) >= 11 is 6.18. The molecule has 0 rings (SSSR count). The number of hydrogen-bond donors (Lipinski definition) is 0. The monoisotopic (exact) mass is 234 g/mol. The molecule has 15 heavy (non-hydrogen) atoms. The predicted octanol–water partition coefficient (Wildman–Crippen LogP) is 3.62. The van der Waals surface area contributed by atoms with Crippen molar-refractivity contribution in [1.29, 1.82) is 0 Å². The van der Waals surface area contributed by atoms with Crippen LogP contribution in [0.2, 0.25) is 0 Å². The van der Waals surface area contributed by atoms with Crippen molar-refractivity contribution < 1.29 is 9.53 Å². The summed E-state index contributed by atoms with van der Waals surface area (Å²) in [6, 6.07) is 0. The van der Waals surface area contributed by atoms with E-state index in [9.17, 15) is 4.79 Å². The summed E-state index contributed by atoms with van der Waals surface area (Å²) in [6.45, 7) is 8.69. The Morgan fingerprint density at radius 1 is 1.27 bits per heavy atom. The maximum atomic E-state index is 10.9. The molecule has 0 N–H and O–H groups in total. The van der Waals surface area contributed by atoms with E-state index in [2.05, 4.69) is 20.8 Å². The van der Waals surface area contributed by atoms with Gasteiger partial charge >= 0.3 is 5.97 Å². The normalized spacial score (nSPS) is 15.1. The van der Waals surface area contributed by atoms with E-state index >= 15 is 0 Å². The largest absolute Gasteiger partial charge is 0.465 e. The van der Waals surface area contributed by atoms with Crippen molar-refractivity contribution in [3.63, 3.8) is 0 Å². The number of carbonyl (C=O) groups is 1. The number of ether oxygens (including phenoxy) is 1. The van der Waals surface area contributed by atoms with Crippen molar-refractivity contribution in [2.24, 2.45) is 11.8 Å². The Labute approximate surface area is 98.3 Å². The fourth-order valence-electron chi connectivity index (χ4n) is 1.45. The smallest absolute Gasteiger partial charge is 0.305 e. The second-order valence-corrected chi connectivity index (χ2v) is 5.22. The lowest BCUT2D eigenvalue weighted by Gasteiger charge is -2.17. The lowest BCUT2D eigenvalue weighted by atomic mass is 10.00. The van der Waals surface area contributed by atoms with Gasteiger partial charge in [-0.15, -0.1) is 11.6 Å². The minimum absolute atomic E-state index is 0.128. The standard InChI is InChI=1S/C12H23ClO2/c1-5-12(14)15-8-10(4)7-11(13)6-9(2)3/h9-11H,5-8H2,1-4H3. The van der Waals surface area contributed by atoms with Gasteiger partial charge in [0.15, 0.2) is 0 Å². The van der Waals surface area contributed by atoms with Crippen molar-refractivity contribution in [3.8, 4) is 0 Å². The molecule has 2 unspecified atom stereocenters. The summed E-state index contributed by atoms with van der Waals surface area (Å²) in [6.07, 6.45) is 2.38. The zero-order valence-corrected chi connectivity index (χ0v) is 11.0. The molecule has 0 radical (unpaired) electrons. The minimum atomic E-state index is -0.128. The first-order valence-electron chi connectivity index (χ1n) is 5.75. The summed E-state index contributed by atoms with van der Waals surface area (Å²) in [5, 5.41) is 0.195. The van der Waals surface area contributed by atoms with E-state index in [1.54, 1.807) is 6.92 Å². The number of esters is 1. The molecule has 90 valence electrons. The molecule has 0 aliphatic rings. The molecular weight excluding hydrogens is 212 g/mol. The van der Waals surface area contributed by atoms with E-state index in [4.69, 9.17) is 16.3 Å². The summed E-state index contributed by atoms with van der Waals surface area (Å²) < 4.78 is 5.06. The van der Waals surface area contributed by atoms with E-state index in [1.807, 2.05) is 0 Å². The highest BCUT2D eigenvalue weighted by atomic mass is 35.5. The van der Waals surface area contributed by atoms with Gasteiger partial charge in [0.25, 0.3) is 0 Å². The van der Waals surface area contributed by atoms with Crippen LogP contribution < -0.4 is 0 Å². The first-order valence-corrected chi connectivity index (χ1v) is 6.19. The Kier molecular flexibility index (Phi) is 7.85. The summed E-state index contributed by atoms with van der Waals surface area (Å²) in [5.74, 6) is 0.844. The maximum absolute atomic E-state index is 10.9. The fraction of sp³-hybridized carbons (Fsp3) is 0.917. The third kappa shape index (κ3) is 8.73. The van der Waals surface area contributed by atoms with Crippen LogP contribution in [0.4, 0.5) is 0 Å². The number of alkyl halides is 1. The second-order valence-electron chi connectivity index (χ2n) is 4.60. The van der Waals surface area contributed by atoms with Crippen LogP contribution in [-0.2, 0) is 9.53 Å². The molecule has 0 amide bonds. The Morgan fingerprint density at radius 2 is 1.87 bits per heavy atom. The van der Waals surface area contributed by atoms with E-state index in [0.29, 0.717) is 24.9 Å². The van der Waals surface area contributed by atoms with Gasteiger partial charge in [0.05, 0.1) is 6.61 Å². The molecule has 0 aromatic heterocycles. The van der Waals surface area contributed by atoms with E-state index < -0.39 is 0 Å². The first kappa shape index (κ1) is 14.8. The van der Waals surface area contributed by atoms with Crippen LogP contribution in [0.1, 0.15) is 47.0 Å². The molecule has 0 spiro atoms. The molecular formula is C12H23ClO2. The highest BCUT2D eigenvalue weighted by Gasteiger charge is 2.13. The molecule has 2 nitrogen and oxygen atoms in total. The molecule has 0 aromatic carbocycles. The minimum Gasteiger partial charge on any atom is -0.465 e. The van der Waals surface area contributed by atoms with Crippen molar-refractivity contribution >= 4 is 17.6 Å². The summed E-state index contributed by atoms with van der Waals surface area (Å²) in [7, 11) is 0. The third-order valence-corrected chi connectivity index (χ3v) is 2.56. The third-order valence-electron chi connectivity index (χ3n) is 2.20. The number of hydrogen-bond acceptors (Lipinski definition) is 2. The number of rotatable bonds is 7. The average molecular weight is 235 g/mol. The van der Waals surface area contributed by atoms with Crippen LogP contribution in [0.3, 0.4) is 0 Å². The Hall–Kier alpha value is -0.240. The zero-order chi connectivity index (χ0) is 11.8. The molecule has 0 aromatic rings. The van der Waals surface area contributed by atoms with Gasteiger partial charge in [-0.1, -0.05) is 27.7 Å². The molecule has 0 aliphatic heterocycles. The molecule has 3 heteroatoms. The van der Waals surface area contributed by atoms with Crippen LogP contribution in [0.15, 0.2) is 0 Å². The molecule has 2 atom stereocenters. The van der Waals surface area contributed by atoms with Crippen LogP contribution >= 0.6 is 11.6 Å². The van der Waals surface area contributed by atoms with Gasteiger partial charge < -0.3 is 4.74 Å². The highest BCUT2D eigenvalue weighted by molar-refractivity contribution is 6.20. The van der Waals surface area contributed by atoms with Gasteiger partial charge in [-0.25, -0.2) is 0 Å². The van der Waals surface area contributed by atoms with Crippen molar-refractivity contribution in [1.82, 2.24) is 0 Å². The number of carbonyl (C=O) groups excluding carboxylic acids is 1. The second kappa shape index (κ2) is 7.98. The van der Waals surface area contributed by atoms with E-state index in [1.165, 1.54) is 0 Å². The predicted molar refractivity (Wildman–Crippen MR) is 64.1 cm³/mol. The lowest BCUT2D eigenvalue weighted by Crippen LogP contribution is -2.15. The lowest BCUT2D eigenvalue weighted by molar-refractivity contribution is -0.144. The Bertz CT molecular complexity index is 180. The Balaban J connectivity index is 3.63. The van der Waals surface area contributed by atoms with Crippen molar-refractivity contribution in [2.45, 2.75) is 52.3 Å². The molecule has 0 heterocycles. The Morgan fingerprint density at radius 3 is 2.33 bits per heavy atom. The SMILES string of the molecule is CCC(=O)OCC(C)CC(Cl)CC(C)C. The highest BCUT2D eigenvalue weighted by Crippen LogP contribution is 2.19. The molecule has 0 saturated heterocycles. The maximum Gasteiger partial charge on any atom is 0.305 e. The molecule has 0 bridgehead atoms. The number of halogens is 1. The molecule has 0 saturated carbocycles. The summed E-state index contributed by atoms with van der Waals surface area (Å²) in [4.78, 5) is 10.9. The van der Waals surface area contributed by atoms with Gasteiger partial charge in [0.2, 0.25) is 0 Å². The van der Waals surface area contributed by atoms with Crippen LogP contribution in [0.25, 0.3) is 0 Å². The van der Waals surface area contributed by atoms with E-state index in [0.717, 1.165) is 12.8 Å². The zero-order valence-electron chi connectivity index (χ0n) is 10.3. The van der Waals surface area contributed by atoms with Crippen LogP contribution in [-0.4, -0.2) is 18.0 Å². The van der Waals surface area contributed by atoms with Crippen LogP contribution in [0.5, 0.6) is 0 Å². The van der Waals surface area contributed by atoms with Gasteiger partial charge in [-0.3, -0.25) is 4.79 Å². The average Bonchev–Trinajstić information content (AvgIpc) is 2.12. The molecule has 0 aliphatic carbocycles. The van der Waals surface area contributed by atoms with Gasteiger partial charge in [0, 0.05) is 11.8 Å². The van der Waals surface area contributed by atoms with Gasteiger partial charge in [-0.05, 0) is 24.7 Å². The van der Waals surface area contributed by atoms with Gasteiger partial charge in [-0.2, -0.15) is 0 Å². The first-order chi connectivity index (χ1) is 6.95. The van der Waals surface area contributed by atoms with Crippen molar-refractivity contribution in [2.75, 3.05) is 6.61 Å². The van der Waals surface area contributed by atoms with Crippen LogP contribution in [0, 0.1) is 11.8 Å². The molecule has 0 fully saturated rings. The fourth-order valence-corrected chi connectivity index (χ4v) is 2.11. The van der Waals surface area contributed by atoms with Crippen molar-refractivity contribution in [3.05, 3.63) is 0 Å². The quantitative estimate of drug-likeness (QED) is 0.497. The van der Waals surface area contributed by atoms with Gasteiger partial charge in [0.1, 0.15) is 0 Å². The van der Waals surface area contributed by atoms with E-state index in [-0.39, 0.29) is 11.3 Å². The topological polar surface area (TPSA) is 26.3 Å². The summed E-state index contributed by atoms with van der Waals surface area (Å²) in [5.41, 5.74) is 0.